The highest BCUT2D eigenvalue weighted by atomic mass is 19.4. The Hall–Kier alpha value is -5.27. The molecule has 0 fully saturated rings. The Bertz CT molecular complexity index is 2240. The van der Waals surface area contributed by atoms with Crippen molar-refractivity contribution in [2.75, 3.05) is 0 Å². The molecule has 0 saturated heterocycles. The zero-order chi connectivity index (χ0) is 44.2. The van der Waals surface area contributed by atoms with Gasteiger partial charge in [0.25, 0.3) is 0 Å². The van der Waals surface area contributed by atoms with Gasteiger partial charge in [0.1, 0.15) is 11.5 Å². The molecule has 0 bridgehead atoms. The molecule has 0 heterocycles. The molecule has 0 aliphatic rings. The van der Waals surface area contributed by atoms with Gasteiger partial charge in [0.2, 0.25) is 10.8 Å². The van der Waals surface area contributed by atoms with Crippen LogP contribution in [0.4, 0.5) is 52.7 Å². The monoisotopic (exact) mass is 838 g/mol. The summed E-state index contributed by atoms with van der Waals surface area (Å²) in [7, 11) is 0. The topological polar surface area (TPSA) is 26.3 Å². The van der Waals surface area contributed by atoms with Crippen LogP contribution in [0.2, 0.25) is 0 Å². The first kappa shape index (κ1) is 44.8. The molecule has 0 radical (unpaired) electrons. The summed E-state index contributed by atoms with van der Waals surface area (Å²) >= 11 is 0. The van der Waals surface area contributed by atoms with Gasteiger partial charge in [-0.2, -0.15) is 52.7 Å². The molecular formula is C45H38F12O2. The van der Waals surface area contributed by atoms with Crippen LogP contribution in [0.3, 0.4) is 0 Å². The summed E-state index contributed by atoms with van der Waals surface area (Å²) in [5.41, 5.74) is -15.4. The molecule has 0 N–H and O–H groups in total. The summed E-state index contributed by atoms with van der Waals surface area (Å²) in [6, 6.07) is 18.4. The predicted octanol–water partition coefficient (Wildman–Crippen LogP) is 14.1. The average molecular weight is 839 g/mol. The number of halogens is 12. The number of carbonyl (C=O) groups excluding carboxylic acids is 1. The van der Waals surface area contributed by atoms with E-state index in [9.17, 15) is 31.1 Å². The number of hydrogen-bond acceptors (Lipinski definition) is 2. The second-order valence-electron chi connectivity index (χ2n) is 16.2. The minimum atomic E-state index is -6.25. The third-order valence-corrected chi connectivity index (χ3v) is 10.2. The number of ketones is 1. The molecule has 0 aliphatic heterocycles. The van der Waals surface area contributed by atoms with Gasteiger partial charge in [-0.15, -0.1) is 0 Å². The fourth-order valence-corrected chi connectivity index (χ4v) is 7.04. The first-order chi connectivity index (χ1) is 27.0. The molecule has 0 unspecified atom stereocenters. The molecule has 0 aromatic heterocycles. The Labute approximate surface area is 332 Å². The van der Waals surface area contributed by atoms with Crippen LogP contribution in [0.1, 0.15) is 90.8 Å². The fourth-order valence-electron chi connectivity index (χ4n) is 7.04. The summed E-state index contributed by atoms with van der Waals surface area (Å²) in [6.07, 6.45) is -24.8. The van der Waals surface area contributed by atoms with Crippen LogP contribution in [-0.2, 0) is 21.7 Å². The van der Waals surface area contributed by atoms with E-state index in [1.165, 1.54) is 51.1 Å². The van der Waals surface area contributed by atoms with Crippen molar-refractivity contribution in [1.82, 2.24) is 0 Å². The van der Waals surface area contributed by atoms with Gasteiger partial charge in [0.05, 0.1) is 0 Å². The van der Waals surface area contributed by atoms with Gasteiger partial charge in [-0.05, 0) is 80.6 Å². The second kappa shape index (κ2) is 15.1. The van der Waals surface area contributed by atoms with E-state index in [2.05, 4.69) is 0 Å². The summed E-state index contributed by atoms with van der Waals surface area (Å²) in [4.78, 5) is 13.1. The maximum Gasteiger partial charge on any atom is 0.411 e. The number of hydrogen-bond donors (Lipinski definition) is 0. The average Bonchev–Trinajstić information content (AvgIpc) is 3.10. The molecule has 0 spiro atoms. The van der Waals surface area contributed by atoms with Gasteiger partial charge in [0, 0.05) is 11.1 Å². The lowest BCUT2D eigenvalue weighted by atomic mass is 9.69. The molecule has 0 aliphatic carbocycles. The van der Waals surface area contributed by atoms with Crippen LogP contribution in [0.5, 0.6) is 11.5 Å². The number of rotatable bonds is 8. The number of ether oxygens (including phenoxy) is 1. The van der Waals surface area contributed by atoms with E-state index in [1.54, 1.807) is 24.3 Å². The van der Waals surface area contributed by atoms with E-state index < -0.39 is 69.0 Å². The smallest absolute Gasteiger partial charge is 0.411 e. The van der Waals surface area contributed by atoms with E-state index in [-0.39, 0.29) is 52.3 Å². The van der Waals surface area contributed by atoms with E-state index in [0.29, 0.717) is 29.8 Å². The molecule has 0 saturated carbocycles. The van der Waals surface area contributed by atoms with Gasteiger partial charge in [-0.3, -0.25) is 4.79 Å². The summed E-state index contributed by atoms with van der Waals surface area (Å²) in [5.74, 6) is -0.978. The van der Waals surface area contributed by atoms with E-state index in [0.717, 1.165) is 23.8 Å². The molecule has 14 heteroatoms. The lowest BCUT2D eigenvalue weighted by molar-refractivity contribution is -0.291. The third kappa shape index (κ3) is 8.19. The fraction of sp³-hybridized carbons (Fsp3) is 0.311. The SMILES string of the molecule is CC(C)(C)c1ccc(C(=O)c2ccc(Oc3cccc(C(c4ccc(C(c5cccc(C(C)(C)C)c5)(C(F)(F)F)C(F)(F)F)cc4)(C(F)(F)F)C(F)(F)F)c3)cc2)cc1. The van der Waals surface area contributed by atoms with Crippen molar-refractivity contribution in [3.05, 3.63) is 166 Å². The van der Waals surface area contributed by atoms with Crippen molar-refractivity contribution in [1.29, 1.82) is 0 Å². The largest absolute Gasteiger partial charge is 0.457 e. The van der Waals surface area contributed by atoms with Gasteiger partial charge < -0.3 is 4.74 Å². The summed E-state index contributed by atoms with van der Waals surface area (Å²) in [6.45, 7) is 10.6. The molecule has 59 heavy (non-hydrogen) atoms. The van der Waals surface area contributed by atoms with Crippen LogP contribution < -0.4 is 4.74 Å². The van der Waals surface area contributed by atoms with E-state index >= 15 is 26.3 Å². The standard InChI is InChI=1S/C45H38F12O2/c1-38(2,3)29-17-13-27(14-18-29)37(58)28-15-23-35(24-16-28)59-36-12-8-11-34(26-36)41(44(52,53)54,45(55,56)57)31-21-19-30(20-22-31)40(42(46,47)48,43(49,50)51)33-10-7-9-32(25-33)39(4,5)6/h7-26H,1-6H3. The molecule has 2 nitrogen and oxygen atoms in total. The Morgan fingerprint density at radius 2 is 0.712 bits per heavy atom. The van der Waals surface area contributed by atoms with E-state index in [1.807, 2.05) is 20.8 Å². The normalized spacial score (nSPS) is 13.7. The number of benzene rings is 5. The van der Waals surface area contributed by atoms with Crippen LogP contribution in [-0.4, -0.2) is 30.5 Å². The van der Waals surface area contributed by atoms with E-state index in [4.69, 9.17) is 4.74 Å². The quantitative estimate of drug-likeness (QED) is 0.115. The Morgan fingerprint density at radius 1 is 0.373 bits per heavy atom. The van der Waals surface area contributed by atoms with Gasteiger partial charge in [-0.1, -0.05) is 126 Å². The van der Waals surface area contributed by atoms with Gasteiger partial charge in [-0.25, -0.2) is 0 Å². The minimum Gasteiger partial charge on any atom is -0.457 e. The lowest BCUT2D eigenvalue weighted by Gasteiger charge is -2.40. The van der Waals surface area contributed by atoms with Crippen molar-refractivity contribution in [2.45, 2.75) is 87.9 Å². The van der Waals surface area contributed by atoms with Crippen molar-refractivity contribution >= 4 is 5.78 Å². The zero-order valence-electron chi connectivity index (χ0n) is 32.4. The molecule has 5 aromatic rings. The minimum absolute atomic E-state index is 0.00551. The molecule has 5 aromatic carbocycles. The zero-order valence-corrected chi connectivity index (χ0v) is 32.4. The van der Waals surface area contributed by atoms with Crippen molar-refractivity contribution in [2.24, 2.45) is 0 Å². The molecule has 314 valence electrons. The highest BCUT2D eigenvalue weighted by Crippen LogP contribution is 2.59. The van der Waals surface area contributed by atoms with Gasteiger partial charge >= 0.3 is 24.7 Å². The second-order valence-corrected chi connectivity index (χ2v) is 16.2. The van der Waals surface area contributed by atoms with Crippen molar-refractivity contribution in [3.8, 4) is 11.5 Å². The number of alkyl halides is 12. The third-order valence-electron chi connectivity index (χ3n) is 10.2. The first-order valence-corrected chi connectivity index (χ1v) is 18.0. The first-order valence-electron chi connectivity index (χ1n) is 18.0. The van der Waals surface area contributed by atoms with Crippen LogP contribution >= 0.6 is 0 Å². The maximum atomic E-state index is 15.1. The summed E-state index contributed by atoms with van der Waals surface area (Å²) in [5, 5.41) is 0. The van der Waals surface area contributed by atoms with Crippen LogP contribution in [0.15, 0.2) is 121 Å². The summed E-state index contributed by atoms with van der Waals surface area (Å²) < 4.78 is 186. The van der Waals surface area contributed by atoms with Crippen molar-refractivity contribution in [3.63, 3.8) is 0 Å². The Balaban J connectivity index is 1.58. The molecule has 5 rings (SSSR count). The highest BCUT2D eigenvalue weighted by Gasteiger charge is 2.74. The van der Waals surface area contributed by atoms with Gasteiger partial charge in [0.15, 0.2) is 5.78 Å². The molecule has 0 amide bonds. The predicted molar refractivity (Wildman–Crippen MR) is 199 cm³/mol. The van der Waals surface area contributed by atoms with Crippen LogP contribution in [0.25, 0.3) is 0 Å². The molecular weight excluding hydrogens is 800 g/mol. The highest BCUT2D eigenvalue weighted by molar-refractivity contribution is 6.09. The Kier molecular flexibility index (Phi) is 11.5. The lowest BCUT2D eigenvalue weighted by Crippen LogP contribution is -2.56. The molecule has 0 atom stereocenters. The number of carbonyl (C=O) groups is 1. The Morgan fingerprint density at radius 3 is 1.10 bits per heavy atom. The van der Waals surface area contributed by atoms with Crippen LogP contribution in [0, 0.1) is 0 Å². The maximum absolute atomic E-state index is 15.1. The van der Waals surface area contributed by atoms with Crippen molar-refractivity contribution < 1.29 is 62.2 Å².